The van der Waals surface area contributed by atoms with Crippen LogP contribution in [0.25, 0.3) is 0 Å². The fourth-order valence-electron chi connectivity index (χ4n) is 0.352. The van der Waals surface area contributed by atoms with Crippen molar-refractivity contribution in [2.24, 2.45) is 0 Å². The van der Waals surface area contributed by atoms with E-state index < -0.39 is 6.36 Å². The van der Waals surface area contributed by atoms with E-state index in [0.717, 1.165) is 6.08 Å². The zero-order valence-corrected chi connectivity index (χ0v) is 5.40. The van der Waals surface area contributed by atoms with Crippen LogP contribution in [0.5, 0.6) is 0 Å². The summed E-state index contributed by atoms with van der Waals surface area (Å²) in [6.07, 6.45) is -2.44. The van der Waals surface area contributed by atoms with Gasteiger partial charge in [-0.25, -0.2) is 0 Å². The molecular formula is C6H7F3O. The molecular weight excluding hydrogens is 145 g/mol. The van der Waals surface area contributed by atoms with Crippen LogP contribution in [0.4, 0.5) is 13.2 Å². The molecule has 0 aliphatic rings. The van der Waals surface area contributed by atoms with Gasteiger partial charge in [-0.05, 0) is 19.1 Å². The summed E-state index contributed by atoms with van der Waals surface area (Å²) in [6.45, 7) is 4.56. The predicted octanol–water partition coefficient (Wildman–Crippen LogP) is 2.61. The fraction of sp³-hybridized carbons (Fsp3) is 0.333. The molecule has 0 saturated heterocycles. The first-order chi connectivity index (χ1) is 4.49. The molecule has 0 rings (SSSR count). The molecule has 0 amide bonds. The van der Waals surface area contributed by atoms with Crippen LogP contribution in [-0.2, 0) is 4.74 Å². The Hall–Kier alpha value is -0.930. The molecule has 0 aromatic carbocycles. The highest BCUT2D eigenvalue weighted by Crippen LogP contribution is 2.20. The average Bonchev–Trinajstić information content (AvgIpc) is 1.81. The van der Waals surface area contributed by atoms with Gasteiger partial charge in [-0.2, -0.15) is 0 Å². The summed E-state index contributed by atoms with van der Waals surface area (Å²) >= 11 is 0. The van der Waals surface area contributed by atoms with Gasteiger partial charge >= 0.3 is 6.36 Å². The van der Waals surface area contributed by atoms with Crippen LogP contribution in [-0.4, -0.2) is 6.36 Å². The van der Waals surface area contributed by atoms with Gasteiger partial charge in [0.25, 0.3) is 0 Å². The number of rotatable bonds is 2. The van der Waals surface area contributed by atoms with Crippen molar-refractivity contribution >= 4 is 0 Å². The SMILES string of the molecule is C=CC(=CC)OC(F)(F)F. The van der Waals surface area contributed by atoms with E-state index in [4.69, 9.17) is 0 Å². The monoisotopic (exact) mass is 152 g/mol. The predicted molar refractivity (Wildman–Crippen MR) is 31.1 cm³/mol. The fourth-order valence-corrected chi connectivity index (χ4v) is 0.352. The van der Waals surface area contributed by atoms with Crippen molar-refractivity contribution < 1.29 is 17.9 Å². The van der Waals surface area contributed by atoms with Crippen LogP contribution in [0, 0.1) is 0 Å². The lowest BCUT2D eigenvalue weighted by Crippen LogP contribution is -2.11. The van der Waals surface area contributed by atoms with Crippen LogP contribution < -0.4 is 0 Å². The van der Waals surface area contributed by atoms with Crippen molar-refractivity contribution in [1.29, 1.82) is 0 Å². The van der Waals surface area contributed by atoms with Crippen LogP contribution in [0.3, 0.4) is 0 Å². The molecule has 0 spiro atoms. The molecule has 0 atom stereocenters. The van der Waals surface area contributed by atoms with E-state index in [1.165, 1.54) is 13.0 Å². The molecule has 0 N–H and O–H groups in total. The van der Waals surface area contributed by atoms with Crippen molar-refractivity contribution in [1.82, 2.24) is 0 Å². The molecule has 0 saturated carbocycles. The topological polar surface area (TPSA) is 9.23 Å². The minimum Gasteiger partial charge on any atom is -0.406 e. The number of alkyl halides is 3. The van der Waals surface area contributed by atoms with Gasteiger partial charge in [0.2, 0.25) is 0 Å². The molecule has 0 aliphatic carbocycles. The summed E-state index contributed by atoms with van der Waals surface area (Å²) in [6, 6.07) is 0. The van der Waals surface area contributed by atoms with Gasteiger partial charge < -0.3 is 4.74 Å². The number of hydrogen-bond donors (Lipinski definition) is 0. The Bertz CT molecular complexity index is 146. The zero-order valence-electron chi connectivity index (χ0n) is 5.40. The Morgan fingerprint density at radius 3 is 2.10 bits per heavy atom. The van der Waals surface area contributed by atoms with Gasteiger partial charge in [-0.15, -0.1) is 13.2 Å². The minimum atomic E-state index is -4.62. The highest BCUT2D eigenvalue weighted by atomic mass is 19.4. The van der Waals surface area contributed by atoms with Gasteiger partial charge in [0.1, 0.15) is 5.76 Å². The lowest BCUT2D eigenvalue weighted by Gasteiger charge is -2.07. The first-order valence-electron chi connectivity index (χ1n) is 2.54. The molecule has 4 heteroatoms. The highest BCUT2D eigenvalue weighted by molar-refractivity contribution is 5.06. The van der Waals surface area contributed by atoms with Crippen LogP contribution in [0.1, 0.15) is 6.92 Å². The summed E-state index contributed by atoms with van der Waals surface area (Å²) in [5.41, 5.74) is 0. The minimum absolute atomic E-state index is 0.285. The lowest BCUT2D eigenvalue weighted by atomic mass is 10.5. The summed E-state index contributed by atoms with van der Waals surface area (Å²) in [4.78, 5) is 0. The third-order valence-corrected chi connectivity index (χ3v) is 0.719. The molecule has 0 radical (unpaired) electrons. The van der Waals surface area contributed by atoms with Crippen molar-refractivity contribution in [3.05, 3.63) is 24.5 Å². The molecule has 0 unspecified atom stereocenters. The zero-order chi connectivity index (χ0) is 8.20. The van der Waals surface area contributed by atoms with Gasteiger partial charge in [-0.1, -0.05) is 6.58 Å². The largest absolute Gasteiger partial charge is 0.573 e. The number of hydrogen-bond acceptors (Lipinski definition) is 1. The van der Waals surface area contributed by atoms with Crippen molar-refractivity contribution in [3.8, 4) is 0 Å². The number of allylic oxidation sites excluding steroid dienone is 2. The standard InChI is InChI=1S/C6H7F3O/c1-3-5(4-2)10-6(7,8)9/h3-4H,1H2,2H3. The third-order valence-electron chi connectivity index (χ3n) is 0.719. The Morgan fingerprint density at radius 1 is 1.50 bits per heavy atom. The molecule has 0 aromatic heterocycles. The molecule has 58 valence electrons. The van der Waals surface area contributed by atoms with Crippen molar-refractivity contribution in [3.63, 3.8) is 0 Å². The van der Waals surface area contributed by atoms with Crippen molar-refractivity contribution in [2.45, 2.75) is 13.3 Å². The molecule has 1 nitrogen and oxygen atoms in total. The smallest absolute Gasteiger partial charge is 0.406 e. The molecule has 0 bridgehead atoms. The van der Waals surface area contributed by atoms with E-state index in [1.54, 1.807) is 0 Å². The molecule has 0 heterocycles. The normalized spacial score (nSPS) is 13.0. The van der Waals surface area contributed by atoms with E-state index >= 15 is 0 Å². The number of halogens is 3. The highest BCUT2D eigenvalue weighted by Gasteiger charge is 2.30. The maximum atomic E-state index is 11.4. The quantitative estimate of drug-likeness (QED) is 0.436. The Kier molecular flexibility index (Phi) is 2.99. The van der Waals surface area contributed by atoms with Crippen LogP contribution in [0.15, 0.2) is 24.5 Å². The van der Waals surface area contributed by atoms with E-state index in [-0.39, 0.29) is 5.76 Å². The summed E-state index contributed by atoms with van der Waals surface area (Å²) < 4.78 is 37.6. The summed E-state index contributed by atoms with van der Waals surface area (Å²) in [5.74, 6) is -0.285. The molecule has 0 fully saturated rings. The van der Waals surface area contributed by atoms with Crippen molar-refractivity contribution in [2.75, 3.05) is 0 Å². The molecule has 0 aromatic rings. The van der Waals surface area contributed by atoms with E-state index in [1.807, 2.05) is 0 Å². The Morgan fingerprint density at radius 2 is 2.00 bits per heavy atom. The van der Waals surface area contributed by atoms with Crippen LogP contribution in [0.2, 0.25) is 0 Å². The van der Waals surface area contributed by atoms with Gasteiger partial charge in [0.05, 0.1) is 0 Å². The van der Waals surface area contributed by atoms with E-state index in [2.05, 4.69) is 11.3 Å². The summed E-state index contributed by atoms with van der Waals surface area (Å²) in [5, 5.41) is 0. The van der Waals surface area contributed by atoms with Crippen LogP contribution >= 0.6 is 0 Å². The second-order valence-electron chi connectivity index (χ2n) is 1.44. The second kappa shape index (κ2) is 3.29. The maximum Gasteiger partial charge on any atom is 0.573 e. The third kappa shape index (κ3) is 4.00. The first kappa shape index (κ1) is 9.07. The van der Waals surface area contributed by atoms with Gasteiger partial charge in [-0.3, -0.25) is 0 Å². The first-order valence-corrected chi connectivity index (χ1v) is 2.54. The number of ether oxygens (including phenoxy) is 1. The lowest BCUT2D eigenvalue weighted by molar-refractivity contribution is -0.303. The average molecular weight is 152 g/mol. The Balaban J connectivity index is 4.01. The Labute approximate surface area is 56.8 Å². The van der Waals surface area contributed by atoms with E-state index in [9.17, 15) is 13.2 Å². The second-order valence-corrected chi connectivity index (χ2v) is 1.44. The molecule has 10 heavy (non-hydrogen) atoms. The summed E-state index contributed by atoms with van der Waals surface area (Å²) in [7, 11) is 0. The maximum absolute atomic E-state index is 11.4. The van der Waals surface area contributed by atoms with Gasteiger partial charge in [0, 0.05) is 0 Å². The van der Waals surface area contributed by atoms with Gasteiger partial charge in [0.15, 0.2) is 0 Å². The molecule has 0 aliphatic heterocycles. The van der Waals surface area contributed by atoms with E-state index in [0.29, 0.717) is 0 Å².